The molecule has 0 spiro atoms. The molecule has 0 radical (unpaired) electrons. The zero-order valence-electron chi connectivity index (χ0n) is 9.71. The first-order chi connectivity index (χ1) is 8.04. The Labute approximate surface area is 104 Å². The van der Waals surface area contributed by atoms with Crippen molar-refractivity contribution >= 4 is 22.6 Å². The van der Waals surface area contributed by atoms with E-state index >= 15 is 0 Å². The SMILES string of the molecule is CC1CSC(Nc2cc(F)cc(F)c2)=NC1C. The maximum atomic E-state index is 13.0. The number of halogens is 2. The fourth-order valence-electron chi connectivity index (χ4n) is 1.52. The lowest BCUT2D eigenvalue weighted by Crippen LogP contribution is -2.25. The van der Waals surface area contributed by atoms with E-state index in [0.717, 1.165) is 17.0 Å². The summed E-state index contributed by atoms with van der Waals surface area (Å²) < 4.78 is 26.0. The maximum absolute atomic E-state index is 13.0. The highest BCUT2D eigenvalue weighted by atomic mass is 32.2. The molecule has 0 fully saturated rings. The number of nitrogens with one attached hydrogen (secondary N) is 1. The molecule has 0 aliphatic carbocycles. The number of rotatable bonds is 1. The predicted molar refractivity (Wildman–Crippen MR) is 68.5 cm³/mol. The van der Waals surface area contributed by atoms with Crippen LogP contribution in [0, 0.1) is 17.6 Å². The Balaban J connectivity index is 2.13. The van der Waals surface area contributed by atoms with Crippen molar-refractivity contribution in [1.29, 1.82) is 0 Å². The summed E-state index contributed by atoms with van der Waals surface area (Å²) in [5.74, 6) is 0.311. The highest BCUT2D eigenvalue weighted by Crippen LogP contribution is 2.24. The van der Waals surface area contributed by atoms with Gasteiger partial charge in [0.05, 0.1) is 6.04 Å². The first-order valence-corrected chi connectivity index (χ1v) is 6.47. The van der Waals surface area contributed by atoms with Crippen LogP contribution in [0.2, 0.25) is 0 Å². The first kappa shape index (κ1) is 12.4. The Morgan fingerprint density at radius 2 is 1.88 bits per heavy atom. The smallest absolute Gasteiger partial charge is 0.161 e. The number of thioether (sulfide) groups is 1. The second kappa shape index (κ2) is 5.04. The van der Waals surface area contributed by atoms with Crippen LogP contribution in [-0.4, -0.2) is 17.0 Å². The van der Waals surface area contributed by atoms with Crippen LogP contribution < -0.4 is 5.32 Å². The molecule has 92 valence electrons. The summed E-state index contributed by atoms with van der Waals surface area (Å²) in [5, 5.41) is 3.67. The third-order valence-electron chi connectivity index (χ3n) is 2.74. The molecule has 1 aromatic rings. The topological polar surface area (TPSA) is 24.4 Å². The first-order valence-electron chi connectivity index (χ1n) is 5.48. The summed E-state index contributed by atoms with van der Waals surface area (Å²) >= 11 is 1.58. The maximum Gasteiger partial charge on any atom is 0.161 e. The van der Waals surface area contributed by atoms with Crippen molar-refractivity contribution in [3.8, 4) is 0 Å². The summed E-state index contributed by atoms with van der Waals surface area (Å²) in [6, 6.07) is 3.60. The number of anilines is 1. The van der Waals surface area contributed by atoms with Gasteiger partial charge in [0.15, 0.2) is 5.17 Å². The third-order valence-corrected chi connectivity index (χ3v) is 3.91. The van der Waals surface area contributed by atoms with E-state index < -0.39 is 11.6 Å². The number of benzene rings is 1. The van der Waals surface area contributed by atoms with Crippen LogP contribution in [0.1, 0.15) is 13.8 Å². The van der Waals surface area contributed by atoms with Gasteiger partial charge in [-0.15, -0.1) is 0 Å². The molecule has 1 heterocycles. The van der Waals surface area contributed by atoms with Crippen LogP contribution in [0.15, 0.2) is 23.2 Å². The Kier molecular flexibility index (Phi) is 3.66. The molecule has 1 N–H and O–H groups in total. The molecule has 2 unspecified atom stereocenters. The Morgan fingerprint density at radius 1 is 1.24 bits per heavy atom. The molecule has 2 nitrogen and oxygen atoms in total. The summed E-state index contributed by atoms with van der Waals surface area (Å²) in [6.07, 6.45) is 0. The lowest BCUT2D eigenvalue weighted by molar-refractivity contribution is 0.537. The van der Waals surface area contributed by atoms with E-state index in [-0.39, 0.29) is 6.04 Å². The molecule has 1 aliphatic rings. The molecule has 0 bridgehead atoms. The minimum atomic E-state index is -0.588. The van der Waals surface area contributed by atoms with Crippen molar-refractivity contribution in [2.24, 2.45) is 10.9 Å². The van der Waals surface area contributed by atoms with E-state index in [1.807, 2.05) is 6.92 Å². The molecule has 0 amide bonds. The van der Waals surface area contributed by atoms with E-state index in [1.165, 1.54) is 12.1 Å². The molecule has 0 aromatic heterocycles. The summed E-state index contributed by atoms with van der Waals surface area (Å²) in [4.78, 5) is 4.44. The molecule has 2 rings (SSSR count). The van der Waals surface area contributed by atoms with Crippen molar-refractivity contribution < 1.29 is 8.78 Å². The van der Waals surface area contributed by atoms with E-state index in [4.69, 9.17) is 0 Å². The second-order valence-corrected chi connectivity index (χ2v) is 5.25. The lowest BCUT2D eigenvalue weighted by Gasteiger charge is -2.23. The molecule has 1 aromatic carbocycles. The molecule has 0 saturated heterocycles. The molecular formula is C12H14F2N2S. The monoisotopic (exact) mass is 256 g/mol. The highest BCUT2D eigenvalue weighted by Gasteiger charge is 2.19. The van der Waals surface area contributed by atoms with Gasteiger partial charge in [0, 0.05) is 17.5 Å². The largest absolute Gasteiger partial charge is 0.335 e. The molecule has 0 saturated carbocycles. The van der Waals surface area contributed by atoms with Gasteiger partial charge in [-0.05, 0) is 25.0 Å². The fourth-order valence-corrected chi connectivity index (χ4v) is 2.65. The van der Waals surface area contributed by atoms with E-state index in [0.29, 0.717) is 11.6 Å². The van der Waals surface area contributed by atoms with Crippen LogP contribution in [0.3, 0.4) is 0 Å². The Bertz CT molecular complexity index is 428. The van der Waals surface area contributed by atoms with Crippen molar-refractivity contribution in [2.75, 3.05) is 11.1 Å². The second-order valence-electron chi connectivity index (χ2n) is 4.25. The average Bonchev–Trinajstić information content (AvgIpc) is 2.22. The number of nitrogens with zero attached hydrogens (tertiary/aromatic N) is 1. The van der Waals surface area contributed by atoms with E-state index in [2.05, 4.69) is 17.2 Å². The Hall–Kier alpha value is -1.10. The third kappa shape index (κ3) is 3.19. The van der Waals surface area contributed by atoms with Crippen molar-refractivity contribution in [3.05, 3.63) is 29.8 Å². The molecule has 2 atom stereocenters. The van der Waals surface area contributed by atoms with Crippen LogP contribution in [0.5, 0.6) is 0 Å². The molecule has 1 aliphatic heterocycles. The quantitative estimate of drug-likeness (QED) is 0.831. The predicted octanol–water partition coefficient (Wildman–Crippen LogP) is 3.50. The van der Waals surface area contributed by atoms with Gasteiger partial charge >= 0.3 is 0 Å². The van der Waals surface area contributed by atoms with Crippen molar-refractivity contribution in [2.45, 2.75) is 19.9 Å². The van der Waals surface area contributed by atoms with Crippen LogP contribution in [0.4, 0.5) is 14.5 Å². The Morgan fingerprint density at radius 3 is 2.47 bits per heavy atom. The van der Waals surface area contributed by atoms with Gasteiger partial charge in [-0.2, -0.15) is 0 Å². The van der Waals surface area contributed by atoms with Gasteiger partial charge in [-0.25, -0.2) is 8.78 Å². The minimum absolute atomic E-state index is 0.233. The van der Waals surface area contributed by atoms with Crippen molar-refractivity contribution in [3.63, 3.8) is 0 Å². The van der Waals surface area contributed by atoms with E-state index in [9.17, 15) is 8.78 Å². The highest BCUT2D eigenvalue weighted by molar-refractivity contribution is 8.14. The summed E-state index contributed by atoms with van der Waals surface area (Å²) in [5.41, 5.74) is 0.399. The minimum Gasteiger partial charge on any atom is -0.335 e. The van der Waals surface area contributed by atoms with Gasteiger partial charge < -0.3 is 5.32 Å². The van der Waals surface area contributed by atoms with E-state index in [1.54, 1.807) is 11.8 Å². The summed E-state index contributed by atoms with van der Waals surface area (Å²) in [7, 11) is 0. The van der Waals surface area contributed by atoms with Gasteiger partial charge in [0.2, 0.25) is 0 Å². The summed E-state index contributed by atoms with van der Waals surface area (Å²) in [6.45, 7) is 4.18. The lowest BCUT2D eigenvalue weighted by atomic mass is 10.1. The van der Waals surface area contributed by atoms with Gasteiger partial charge in [0.25, 0.3) is 0 Å². The van der Waals surface area contributed by atoms with Crippen molar-refractivity contribution in [1.82, 2.24) is 0 Å². The zero-order valence-corrected chi connectivity index (χ0v) is 10.5. The zero-order chi connectivity index (χ0) is 12.4. The average molecular weight is 256 g/mol. The van der Waals surface area contributed by atoms with Crippen LogP contribution in [-0.2, 0) is 0 Å². The van der Waals surface area contributed by atoms with Gasteiger partial charge in [0.1, 0.15) is 11.6 Å². The number of amidine groups is 1. The van der Waals surface area contributed by atoms with Crippen LogP contribution in [0.25, 0.3) is 0 Å². The molecular weight excluding hydrogens is 242 g/mol. The van der Waals surface area contributed by atoms with Crippen LogP contribution >= 0.6 is 11.8 Å². The molecule has 17 heavy (non-hydrogen) atoms. The number of hydrogen-bond donors (Lipinski definition) is 1. The molecule has 5 heteroatoms. The number of aliphatic imine (C=N–C) groups is 1. The van der Waals surface area contributed by atoms with Gasteiger partial charge in [-0.1, -0.05) is 18.7 Å². The normalized spacial score (nSPS) is 24.4. The standard InChI is InChI=1S/C12H14F2N2S/c1-7-6-17-12(15-8(7)2)16-11-4-9(13)3-10(14)5-11/h3-5,7-8H,6H2,1-2H3,(H,15,16). The van der Waals surface area contributed by atoms with Gasteiger partial charge in [-0.3, -0.25) is 4.99 Å². The number of hydrogen-bond acceptors (Lipinski definition) is 3. The fraction of sp³-hybridized carbons (Fsp3) is 0.417.